The average molecular weight is 206 g/mol. The summed E-state index contributed by atoms with van der Waals surface area (Å²) in [4.78, 5) is 15.6. The van der Waals surface area contributed by atoms with Crippen LogP contribution in [0.4, 0.5) is 5.82 Å². The van der Waals surface area contributed by atoms with E-state index in [4.69, 9.17) is 0 Å². The molecule has 0 spiro atoms. The zero-order chi connectivity index (χ0) is 10.8. The molecule has 0 aromatic carbocycles. The van der Waals surface area contributed by atoms with Gasteiger partial charge in [-0.15, -0.1) is 0 Å². The van der Waals surface area contributed by atoms with Gasteiger partial charge in [-0.3, -0.25) is 0 Å². The number of esters is 1. The number of nitrogens with zero attached hydrogens (tertiary/aromatic N) is 1. The summed E-state index contributed by atoms with van der Waals surface area (Å²) in [7, 11) is 1.37. The third-order valence-corrected chi connectivity index (χ3v) is 2.64. The average Bonchev–Trinajstić information content (AvgIpc) is 2.94. The fraction of sp³-hybridized carbons (Fsp3) is 0.455. The molecule has 1 saturated carbocycles. The molecule has 1 aromatic rings. The lowest BCUT2D eigenvalue weighted by atomic mass is 10.2. The smallest absolute Gasteiger partial charge is 0.341 e. The van der Waals surface area contributed by atoms with Gasteiger partial charge >= 0.3 is 5.97 Å². The largest absolute Gasteiger partial charge is 0.465 e. The van der Waals surface area contributed by atoms with Crippen molar-refractivity contribution in [2.24, 2.45) is 5.92 Å². The quantitative estimate of drug-likeness (QED) is 0.764. The van der Waals surface area contributed by atoms with E-state index in [1.807, 2.05) is 0 Å². The van der Waals surface area contributed by atoms with Crippen molar-refractivity contribution in [1.82, 2.24) is 4.98 Å². The Balaban J connectivity index is 2.18. The van der Waals surface area contributed by atoms with Crippen LogP contribution in [-0.4, -0.2) is 24.1 Å². The van der Waals surface area contributed by atoms with Gasteiger partial charge in [0, 0.05) is 12.2 Å². The molecule has 1 heterocycles. The van der Waals surface area contributed by atoms with Gasteiger partial charge in [-0.05, 0) is 24.5 Å². The van der Waals surface area contributed by atoms with Crippen molar-refractivity contribution in [3.63, 3.8) is 0 Å². The Kier molecular flexibility index (Phi) is 2.58. The number of nitrogens with one attached hydrogen (secondary N) is 1. The summed E-state index contributed by atoms with van der Waals surface area (Å²) in [6.45, 7) is 2.17. The van der Waals surface area contributed by atoms with Crippen LogP contribution in [0.2, 0.25) is 0 Å². The van der Waals surface area contributed by atoms with Gasteiger partial charge in [0.25, 0.3) is 0 Å². The van der Waals surface area contributed by atoms with Gasteiger partial charge in [0.05, 0.1) is 7.11 Å². The maximum atomic E-state index is 11.4. The predicted octanol–water partition coefficient (Wildman–Crippen LogP) is 1.69. The third kappa shape index (κ3) is 2.09. The van der Waals surface area contributed by atoms with E-state index >= 15 is 0 Å². The third-order valence-electron chi connectivity index (χ3n) is 2.64. The normalized spacial score (nSPS) is 23.3. The maximum Gasteiger partial charge on any atom is 0.341 e. The van der Waals surface area contributed by atoms with Crippen molar-refractivity contribution in [2.75, 3.05) is 12.4 Å². The lowest BCUT2D eigenvalue weighted by Crippen LogP contribution is -2.12. The van der Waals surface area contributed by atoms with E-state index in [1.54, 1.807) is 18.3 Å². The number of carbonyl (C=O) groups excluding carboxylic acids is 1. The van der Waals surface area contributed by atoms with E-state index in [-0.39, 0.29) is 5.97 Å². The van der Waals surface area contributed by atoms with Gasteiger partial charge in [0.2, 0.25) is 0 Å². The Morgan fingerprint density at radius 2 is 2.40 bits per heavy atom. The molecule has 1 aliphatic rings. The molecule has 1 aromatic heterocycles. The first-order valence-corrected chi connectivity index (χ1v) is 5.02. The van der Waals surface area contributed by atoms with E-state index in [0.717, 1.165) is 6.42 Å². The number of hydrogen-bond acceptors (Lipinski definition) is 4. The number of rotatable bonds is 3. The molecule has 1 aliphatic carbocycles. The number of methoxy groups -OCH3 is 1. The summed E-state index contributed by atoms with van der Waals surface area (Å²) in [5, 5.41) is 3.24. The van der Waals surface area contributed by atoms with Gasteiger partial charge in [-0.1, -0.05) is 6.92 Å². The van der Waals surface area contributed by atoms with Crippen LogP contribution in [0.3, 0.4) is 0 Å². The standard InChI is InChI=1S/C11H14N2O2/c1-7-6-9(7)13-10-8(11(14)15-2)4-3-5-12-10/h3-5,7,9H,6H2,1-2H3,(H,12,13). The zero-order valence-corrected chi connectivity index (χ0v) is 8.86. The molecule has 4 nitrogen and oxygen atoms in total. The molecule has 0 aliphatic heterocycles. The predicted molar refractivity (Wildman–Crippen MR) is 56.8 cm³/mol. The Morgan fingerprint density at radius 3 is 3.00 bits per heavy atom. The molecule has 15 heavy (non-hydrogen) atoms. The minimum Gasteiger partial charge on any atom is -0.465 e. The summed E-state index contributed by atoms with van der Waals surface area (Å²) < 4.78 is 4.69. The van der Waals surface area contributed by atoms with Crippen molar-refractivity contribution < 1.29 is 9.53 Å². The number of carbonyl (C=O) groups is 1. The highest BCUT2D eigenvalue weighted by atomic mass is 16.5. The van der Waals surface area contributed by atoms with E-state index in [2.05, 4.69) is 22.0 Å². The van der Waals surface area contributed by atoms with Crippen LogP contribution in [0.15, 0.2) is 18.3 Å². The van der Waals surface area contributed by atoms with Crippen LogP contribution in [0.1, 0.15) is 23.7 Å². The maximum absolute atomic E-state index is 11.4. The fourth-order valence-corrected chi connectivity index (χ4v) is 1.49. The van der Waals surface area contributed by atoms with E-state index in [9.17, 15) is 4.79 Å². The number of anilines is 1. The summed E-state index contributed by atoms with van der Waals surface area (Å²) >= 11 is 0. The first-order valence-electron chi connectivity index (χ1n) is 5.02. The van der Waals surface area contributed by atoms with Gasteiger partial charge in [0.15, 0.2) is 0 Å². The molecule has 1 N–H and O–H groups in total. The second-order valence-electron chi connectivity index (χ2n) is 3.85. The number of pyridine rings is 1. The molecule has 4 heteroatoms. The minimum absolute atomic E-state index is 0.348. The summed E-state index contributed by atoms with van der Waals surface area (Å²) in [5.41, 5.74) is 0.499. The lowest BCUT2D eigenvalue weighted by Gasteiger charge is -2.08. The Morgan fingerprint density at radius 1 is 1.67 bits per heavy atom. The highest BCUT2D eigenvalue weighted by molar-refractivity contribution is 5.94. The fourth-order valence-electron chi connectivity index (χ4n) is 1.49. The van der Waals surface area contributed by atoms with Crippen molar-refractivity contribution in [2.45, 2.75) is 19.4 Å². The molecule has 2 unspecified atom stereocenters. The van der Waals surface area contributed by atoms with Crippen molar-refractivity contribution in [3.8, 4) is 0 Å². The molecule has 2 rings (SSSR count). The molecular formula is C11H14N2O2. The summed E-state index contributed by atoms with van der Waals surface area (Å²) in [6.07, 6.45) is 2.80. The highest BCUT2D eigenvalue weighted by Gasteiger charge is 2.33. The lowest BCUT2D eigenvalue weighted by molar-refractivity contribution is 0.0601. The van der Waals surface area contributed by atoms with E-state index < -0.39 is 0 Å². The van der Waals surface area contributed by atoms with E-state index in [0.29, 0.717) is 23.3 Å². The van der Waals surface area contributed by atoms with Crippen LogP contribution in [-0.2, 0) is 4.74 Å². The first kappa shape index (κ1) is 9.96. The number of aromatic nitrogens is 1. The van der Waals surface area contributed by atoms with Gasteiger partial charge in [-0.2, -0.15) is 0 Å². The number of ether oxygens (including phenoxy) is 1. The van der Waals surface area contributed by atoms with Crippen molar-refractivity contribution in [1.29, 1.82) is 0 Å². The molecular weight excluding hydrogens is 192 g/mol. The summed E-state index contributed by atoms with van der Waals surface area (Å²) in [5.74, 6) is 0.940. The molecule has 0 radical (unpaired) electrons. The van der Waals surface area contributed by atoms with Gasteiger partial charge in [0.1, 0.15) is 11.4 Å². The second kappa shape index (κ2) is 3.88. The zero-order valence-electron chi connectivity index (χ0n) is 8.86. The Hall–Kier alpha value is -1.58. The molecule has 0 amide bonds. The number of hydrogen-bond donors (Lipinski definition) is 1. The highest BCUT2D eigenvalue weighted by Crippen LogP contribution is 2.32. The Labute approximate surface area is 88.7 Å². The molecule has 80 valence electrons. The van der Waals surface area contributed by atoms with Gasteiger partial charge in [-0.25, -0.2) is 9.78 Å². The molecule has 0 bridgehead atoms. The van der Waals surface area contributed by atoms with Crippen LogP contribution < -0.4 is 5.32 Å². The minimum atomic E-state index is -0.348. The van der Waals surface area contributed by atoms with Crippen LogP contribution in [0, 0.1) is 5.92 Å². The molecule has 2 atom stereocenters. The molecule has 0 saturated heterocycles. The summed E-state index contributed by atoms with van der Waals surface area (Å²) in [6, 6.07) is 3.89. The van der Waals surface area contributed by atoms with Crippen LogP contribution >= 0.6 is 0 Å². The van der Waals surface area contributed by atoms with Crippen molar-refractivity contribution in [3.05, 3.63) is 23.9 Å². The van der Waals surface area contributed by atoms with Crippen LogP contribution in [0.25, 0.3) is 0 Å². The topological polar surface area (TPSA) is 51.2 Å². The van der Waals surface area contributed by atoms with Crippen molar-refractivity contribution >= 4 is 11.8 Å². The second-order valence-corrected chi connectivity index (χ2v) is 3.85. The SMILES string of the molecule is COC(=O)c1cccnc1NC1CC1C. The first-order chi connectivity index (χ1) is 7.22. The Bertz CT molecular complexity index is 379. The van der Waals surface area contributed by atoms with Gasteiger partial charge < -0.3 is 10.1 Å². The van der Waals surface area contributed by atoms with E-state index in [1.165, 1.54) is 7.11 Å². The monoisotopic (exact) mass is 206 g/mol. The van der Waals surface area contributed by atoms with Crippen LogP contribution in [0.5, 0.6) is 0 Å². The molecule has 1 fully saturated rings.